The molecule has 1 aliphatic rings. The fraction of sp³-hybridized carbons (Fsp3) is 0.444. The lowest BCUT2D eigenvalue weighted by Crippen LogP contribution is -2.49. The van der Waals surface area contributed by atoms with Gasteiger partial charge in [-0.3, -0.25) is 0 Å². The Bertz CT molecular complexity index is 909. The molecule has 0 spiro atoms. The van der Waals surface area contributed by atoms with Crippen molar-refractivity contribution in [1.82, 2.24) is 4.98 Å². The number of anilines is 1. The van der Waals surface area contributed by atoms with Crippen LogP contribution in [0.1, 0.15) is 44.7 Å². The van der Waals surface area contributed by atoms with Crippen LogP contribution in [-0.4, -0.2) is 49.7 Å². The van der Waals surface area contributed by atoms with Gasteiger partial charge in [-0.25, -0.2) is 4.98 Å². The average molecular weight is 407 g/mol. The van der Waals surface area contributed by atoms with Crippen molar-refractivity contribution in [3.8, 4) is 0 Å². The van der Waals surface area contributed by atoms with Gasteiger partial charge >= 0.3 is 0 Å². The number of hydrogen-bond donors (Lipinski definition) is 0. The van der Waals surface area contributed by atoms with Crippen LogP contribution in [0.5, 0.6) is 0 Å². The Balaban J connectivity index is 0.000000757. The molecule has 1 aromatic heterocycles. The number of nitrogens with zero attached hydrogens (tertiary/aromatic N) is 3. The van der Waals surface area contributed by atoms with E-state index in [1.807, 2.05) is 27.7 Å². The first-order chi connectivity index (χ1) is 14.4. The summed E-state index contributed by atoms with van der Waals surface area (Å²) in [4.78, 5) is 7.40. The molecular formula is C27H40N3+. The summed E-state index contributed by atoms with van der Waals surface area (Å²) in [5.41, 5.74) is 3.84. The van der Waals surface area contributed by atoms with Crippen LogP contribution in [0.25, 0.3) is 10.9 Å². The maximum absolute atomic E-state index is 4.93. The molecule has 2 heterocycles. The Labute approximate surface area is 184 Å². The fourth-order valence-electron chi connectivity index (χ4n) is 4.13. The molecule has 2 unspecified atom stereocenters. The van der Waals surface area contributed by atoms with Gasteiger partial charge in [-0.1, -0.05) is 75.7 Å². The summed E-state index contributed by atoms with van der Waals surface area (Å²) in [6, 6.07) is 22.4. The van der Waals surface area contributed by atoms with Crippen molar-refractivity contribution < 1.29 is 4.48 Å². The molecule has 0 bridgehead atoms. The van der Waals surface area contributed by atoms with E-state index in [4.69, 9.17) is 4.98 Å². The Kier molecular flexibility index (Phi) is 8.43. The quantitative estimate of drug-likeness (QED) is 0.476. The van der Waals surface area contributed by atoms with Gasteiger partial charge in [-0.2, -0.15) is 0 Å². The molecule has 0 saturated carbocycles. The predicted molar refractivity (Wildman–Crippen MR) is 132 cm³/mol. The minimum absolute atomic E-state index is 0.517. The lowest BCUT2D eigenvalue weighted by atomic mass is 9.92. The van der Waals surface area contributed by atoms with Gasteiger partial charge in [0.05, 0.1) is 39.1 Å². The van der Waals surface area contributed by atoms with Crippen molar-refractivity contribution in [2.75, 3.05) is 39.1 Å². The van der Waals surface area contributed by atoms with Crippen LogP contribution < -0.4 is 4.90 Å². The summed E-state index contributed by atoms with van der Waals surface area (Å²) in [6.07, 6.45) is 0. The Morgan fingerprint density at radius 1 is 0.800 bits per heavy atom. The predicted octanol–water partition coefficient (Wildman–Crippen LogP) is 6.27. The highest BCUT2D eigenvalue weighted by Crippen LogP contribution is 2.35. The first-order valence-electron chi connectivity index (χ1n) is 11.4. The summed E-state index contributed by atoms with van der Waals surface area (Å²) in [5, 5.41) is 1.20. The van der Waals surface area contributed by atoms with Crippen LogP contribution in [0.3, 0.4) is 0 Å². The molecule has 3 nitrogen and oxygen atoms in total. The second-order valence-corrected chi connectivity index (χ2v) is 8.47. The number of fused-ring (bicyclic) bond motifs is 1. The van der Waals surface area contributed by atoms with Gasteiger partial charge in [0, 0.05) is 11.9 Å². The normalized spacial score (nSPS) is 18.3. The SMILES string of the molecule is CC.CC.Cc1ccc(C2CN(c3ccc4ccccc4n3)CC2[N+](C)(C)C)cc1. The zero-order valence-corrected chi connectivity index (χ0v) is 20.2. The first-order valence-corrected chi connectivity index (χ1v) is 11.4. The molecular weight excluding hydrogens is 366 g/mol. The summed E-state index contributed by atoms with van der Waals surface area (Å²) in [6.45, 7) is 12.2. The van der Waals surface area contributed by atoms with E-state index in [0.717, 1.165) is 28.9 Å². The van der Waals surface area contributed by atoms with Gasteiger partial charge in [0.1, 0.15) is 11.9 Å². The molecule has 0 aliphatic carbocycles. The van der Waals surface area contributed by atoms with Crippen molar-refractivity contribution in [1.29, 1.82) is 0 Å². The lowest BCUT2D eigenvalue weighted by Gasteiger charge is -2.35. The number of benzene rings is 2. The number of rotatable bonds is 3. The van der Waals surface area contributed by atoms with Gasteiger partial charge in [0.25, 0.3) is 0 Å². The van der Waals surface area contributed by atoms with E-state index < -0.39 is 0 Å². The molecule has 1 aliphatic heterocycles. The highest BCUT2D eigenvalue weighted by molar-refractivity contribution is 5.80. The van der Waals surface area contributed by atoms with E-state index in [9.17, 15) is 0 Å². The smallest absolute Gasteiger partial charge is 0.129 e. The number of hydrogen-bond acceptors (Lipinski definition) is 2. The molecule has 2 atom stereocenters. The number of para-hydroxylation sites is 1. The average Bonchev–Trinajstić information content (AvgIpc) is 3.23. The van der Waals surface area contributed by atoms with E-state index >= 15 is 0 Å². The van der Waals surface area contributed by atoms with E-state index in [0.29, 0.717) is 12.0 Å². The molecule has 30 heavy (non-hydrogen) atoms. The van der Waals surface area contributed by atoms with Gasteiger partial charge in [-0.05, 0) is 30.7 Å². The summed E-state index contributed by atoms with van der Waals surface area (Å²) < 4.78 is 0.961. The molecule has 162 valence electrons. The highest BCUT2D eigenvalue weighted by Gasteiger charge is 2.42. The van der Waals surface area contributed by atoms with Gasteiger partial charge in [0.15, 0.2) is 0 Å². The van der Waals surface area contributed by atoms with E-state index in [1.54, 1.807) is 0 Å². The number of aromatic nitrogens is 1. The molecule has 3 heteroatoms. The number of quaternary nitrogens is 1. The van der Waals surface area contributed by atoms with Crippen LogP contribution in [0.4, 0.5) is 5.82 Å². The molecule has 0 radical (unpaired) electrons. The standard InChI is InChI=1S/C23H28N3.2C2H6/c1-17-9-11-18(12-10-17)20-15-25(16-22(20)26(2,3)4)23-14-13-19-7-5-6-8-21(19)24-23;2*1-2/h5-14,20,22H,15-16H2,1-4H3;2*1-2H3/q+1;;. The van der Waals surface area contributed by atoms with Crippen LogP contribution in [0, 0.1) is 6.92 Å². The van der Waals surface area contributed by atoms with E-state index in [-0.39, 0.29) is 0 Å². The van der Waals surface area contributed by atoms with Gasteiger partial charge < -0.3 is 9.38 Å². The Hall–Kier alpha value is -2.39. The first kappa shape index (κ1) is 23.9. The highest BCUT2D eigenvalue weighted by atomic mass is 15.4. The third-order valence-corrected chi connectivity index (χ3v) is 5.70. The topological polar surface area (TPSA) is 16.1 Å². The van der Waals surface area contributed by atoms with Gasteiger partial charge in [-0.15, -0.1) is 0 Å². The van der Waals surface area contributed by atoms with Crippen LogP contribution in [0.15, 0.2) is 60.7 Å². The maximum Gasteiger partial charge on any atom is 0.129 e. The maximum atomic E-state index is 4.93. The molecule has 1 fully saturated rings. The minimum atomic E-state index is 0.517. The van der Waals surface area contributed by atoms with Crippen molar-refractivity contribution in [3.63, 3.8) is 0 Å². The molecule has 1 saturated heterocycles. The lowest BCUT2D eigenvalue weighted by molar-refractivity contribution is -0.894. The molecule has 0 amide bonds. The zero-order chi connectivity index (χ0) is 22.3. The van der Waals surface area contributed by atoms with Crippen LogP contribution >= 0.6 is 0 Å². The third-order valence-electron chi connectivity index (χ3n) is 5.70. The summed E-state index contributed by atoms with van der Waals surface area (Å²) in [5.74, 6) is 1.61. The Morgan fingerprint density at radius 3 is 2.07 bits per heavy atom. The van der Waals surface area contributed by atoms with Crippen molar-refractivity contribution in [3.05, 3.63) is 71.8 Å². The van der Waals surface area contributed by atoms with Crippen LogP contribution in [-0.2, 0) is 0 Å². The molecule has 3 aromatic rings. The van der Waals surface area contributed by atoms with Crippen molar-refractivity contribution in [2.45, 2.75) is 46.6 Å². The second-order valence-electron chi connectivity index (χ2n) is 8.47. The monoisotopic (exact) mass is 406 g/mol. The van der Waals surface area contributed by atoms with Gasteiger partial charge in [0.2, 0.25) is 0 Å². The Morgan fingerprint density at radius 2 is 1.43 bits per heavy atom. The second kappa shape index (κ2) is 10.6. The van der Waals surface area contributed by atoms with Crippen LogP contribution in [0.2, 0.25) is 0 Å². The van der Waals surface area contributed by atoms with Crippen molar-refractivity contribution in [2.24, 2.45) is 0 Å². The molecule has 2 aromatic carbocycles. The van der Waals surface area contributed by atoms with E-state index in [2.05, 4.69) is 93.6 Å². The fourth-order valence-corrected chi connectivity index (χ4v) is 4.13. The number of pyridine rings is 1. The minimum Gasteiger partial charge on any atom is -0.350 e. The number of likely N-dealkylation sites (N-methyl/N-ethyl adjacent to an activating group) is 1. The summed E-state index contributed by atoms with van der Waals surface area (Å²) >= 11 is 0. The zero-order valence-electron chi connectivity index (χ0n) is 20.2. The number of aryl methyl sites for hydroxylation is 1. The molecule has 4 rings (SSSR count). The van der Waals surface area contributed by atoms with Crippen molar-refractivity contribution >= 4 is 16.7 Å². The third kappa shape index (κ3) is 5.40. The molecule has 0 N–H and O–H groups in total. The van der Waals surface area contributed by atoms with E-state index in [1.165, 1.54) is 16.5 Å². The largest absolute Gasteiger partial charge is 0.350 e. The summed E-state index contributed by atoms with van der Waals surface area (Å²) in [7, 11) is 6.93.